The number of nitrogens with one attached hydrogen (secondary N) is 1. The summed E-state index contributed by atoms with van der Waals surface area (Å²) >= 11 is 0. The van der Waals surface area contributed by atoms with Crippen molar-refractivity contribution < 1.29 is 0 Å². The summed E-state index contributed by atoms with van der Waals surface area (Å²) in [6.45, 7) is 5.43. The lowest BCUT2D eigenvalue weighted by molar-refractivity contribution is 0.509. The highest BCUT2D eigenvalue weighted by Gasteiger charge is 2.08. The first-order chi connectivity index (χ1) is 6.27. The molecule has 1 unspecified atom stereocenters. The third-order valence-electron chi connectivity index (χ3n) is 2.29. The standard InChI is InChI=1S/C11H20N2/c1-4-6-11(12-5-2)10-7-8-13(3)9-10/h7-9,11-12H,4-6H2,1-3H3. The monoisotopic (exact) mass is 180 g/mol. The molecule has 0 aliphatic carbocycles. The van der Waals surface area contributed by atoms with Gasteiger partial charge in [0.1, 0.15) is 0 Å². The van der Waals surface area contributed by atoms with Crippen molar-refractivity contribution in [2.45, 2.75) is 32.7 Å². The van der Waals surface area contributed by atoms with Gasteiger partial charge in [-0.15, -0.1) is 0 Å². The largest absolute Gasteiger partial charge is 0.357 e. The maximum absolute atomic E-state index is 3.50. The summed E-state index contributed by atoms with van der Waals surface area (Å²) in [5.74, 6) is 0. The molecule has 0 fully saturated rings. The van der Waals surface area contributed by atoms with Crippen molar-refractivity contribution in [3.05, 3.63) is 24.0 Å². The van der Waals surface area contributed by atoms with Crippen LogP contribution in [0.1, 0.15) is 38.3 Å². The zero-order valence-corrected chi connectivity index (χ0v) is 8.88. The molecule has 1 aromatic rings. The van der Waals surface area contributed by atoms with Gasteiger partial charge in [-0.3, -0.25) is 0 Å². The molecule has 1 heterocycles. The van der Waals surface area contributed by atoms with Crippen molar-refractivity contribution in [1.29, 1.82) is 0 Å². The average molecular weight is 180 g/mol. The van der Waals surface area contributed by atoms with E-state index in [0.717, 1.165) is 6.54 Å². The Bertz CT molecular complexity index is 234. The fraction of sp³-hybridized carbons (Fsp3) is 0.636. The maximum atomic E-state index is 3.50. The number of hydrogen-bond acceptors (Lipinski definition) is 1. The minimum atomic E-state index is 0.538. The third kappa shape index (κ3) is 2.88. The van der Waals surface area contributed by atoms with Gasteiger partial charge in [-0.25, -0.2) is 0 Å². The molecule has 0 aliphatic rings. The molecule has 74 valence electrons. The van der Waals surface area contributed by atoms with Gasteiger partial charge < -0.3 is 9.88 Å². The van der Waals surface area contributed by atoms with Crippen LogP contribution in [0.2, 0.25) is 0 Å². The summed E-state index contributed by atoms with van der Waals surface area (Å²) in [5, 5.41) is 3.50. The van der Waals surface area contributed by atoms with E-state index in [0.29, 0.717) is 6.04 Å². The molecule has 1 N–H and O–H groups in total. The van der Waals surface area contributed by atoms with E-state index in [1.807, 2.05) is 0 Å². The second-order valence-electron chi connectivity index (χ2n) is 3.51. The Morgan fingerprint density at radius 1 is 1.46 bits per heavy atom. The lowest BCUT2D eigenvalue weighted by Gasteiger charge is -2.15. The Kier molecular flexibility index (Phi) is 4.03. The maximum Gasteiger partial charge on any atom is 0.0335 e. The molecule has 0 saturated heterocycles. The van der Waals surface area contributed by atoms with Gasteiger partial charge in [0, 0.05) is 25.5 Å². The molecule has 1 rings (SSSR count). The SMILES string of the molecule is CCCC(NCC)c1ccn(C)c1. The molecular weight excluding hydrogens is 160 g/mol. The summed E-state index contributed by atoms with van der Waals surface area (Å²) in [6, 6.07) is 2.74. The molecule has 0 aromatic carbocycles. The molecule has 2 heteroatoms. The smallest absolute Gasteiger partial charge is 0.0335 e. The summed E-state index contributed by atoms with van der Waals surface area (Å²) in [5.41, 5.74) is 1.41. The van der Waals surface area contributed by atoms with E-state index in [2.05, 4.69) is 49.2 Å². The highest BCUT2D eigenvalue weighted by molar-refractivity contribution is 5.14. The van der Waals surface area contributed by atoms with Gasteiger partial charge in [-0.1, -0.05) is 20.3 Å². The predicted molar refractivity (Wildman–Crippen MR) is 56.7 cm³/mol. The summed E-state index contributed by atoms with van der Waals surface area (Å²) in [7, 11) is 2.07. The Morgan fingerprint density at radius 2 is 2.23 bits per heavy atom. The second-order valence-corrected chi connectivity index (χ2v) is 3.51. The van der Waals surface area contributed by atoms with Gasteiger partial charge in [0.25, 0.3) is 0 Å². The molecule has 1 atom stereocenters. The molecule has 0 amide bonds. The molecule has 0 spiro atoms. The molecule has 0 saturated carbocycles. The molecular formula is C11H20N2. The van der Waals surface area contributed by atoms with Crippen molar-refractivity contribution in [3.63, 3.8) is 0 Å². The Labute approximate surface area is 81.0 Å². The van der Waals surface area contributed by atoms with Crippen LogP contribution in [-0.4, -0.2) is 11.1 Å². The quantitative estimate of drug-likeness (QED) is 0.736. The van der Waals surface area contributed by atoms with Crippen LogP contribution in [0.15, 0.2) is 18.5 Å². The molecule has 0 aliphatic heterocycles. The molecule has 0 radical (unpaired) electrons. The normalized spacial score (nSPS) is 13.2. The number of rotatable bonds is 5. The molecule has 0 bridgehead atoms. The van der Waals surface area contributed by atoms with Crippen LogP contribution in [-0.2, 0) is 7.05 Å². The predicted octanol–water partition coefficient (Wildman–Crippen LogP) is 2.48. The first-order valence-corrected chi connectivity index (χ1v) is 5.13. The number of aromatic nitrogens is 1. The van der Waals surface area contributed by atoms with E-state index in [9.17, 15) is 0 Å². The topological polar surface area (TPSA) is 17.0 Å². The second kappa shape index (κ2) is 5.07. The average Bonchev–Trinajstić information content (AvgIpc) is 2.51. The lowest BCUT2D eigenvalue weighted by Crippen LogP contribution is -2.20. The summed E-state index contributed by atoms with van der Waals surface area (Å²) in [6.07, 6.45) is 6.75. The summed E-state index contributed by atoms with van der Waals surface area (Å²) in [4.78, 5) is 0. The molecule has 2 nitrogen and oxygen atoms in total. The number of aryl methyl sites for hydroxylation is 1. The van der Waals surface area contributed by atoms with Crippen LogP contribution < -0.4 is 5.32 Å². The fourth-order valence-electron chi connectivity index (χ4n) is 1.65. The van der Waals surface area contributed by atoms with Crippen LogP contribution in [0.5, 0.6) is 0 Å². The Morgan fingerprint density at radius 3 is 2.69 bits per heavy atom. The molecule has 13 heavy (non-hydrogen) atoms. The van der Waals surface area contributed by atoms with Gasteiger partial charge in [0.15, 0.2) is 0 Å². The third-order valence-corrected chi connectivity index (χ3v) is 2.29. The van der Waals surface area contributed by atoms with E-state index in [-0.39, 0.29) is 0 Å². The number of nitrogens with zero attached hydrogens (tertiary/aromatic N) is 1. The summed E-state index contributed by atoms with van der Waals surface area (Å²) < 4.78 is 2.11. The van der Waals surface area contributed by atoms with Crippen LogP contribution in [0.25, 0.3) is 0 Å². The number of hydrogen-bond donors (Lipinski definition) is 1. The fourth-order valence-corrected chi connectivity index (χ4v) is 1.65. The first-order valence-electron chi connectivity index (χ1n) is 5.13. The van der Waals surface area contributed by atoms with E-state index < -0.39 is 0 Å². The van der Waals surface area contributed by atoms with Gasteiger partial charge >= 0.3 is 0 Å². The van der Waals surface area contributed by atoms with Crippen molar-refractivity contribution in [2.75, 3.05) is 6.54 Å². The van der Waals surface area contributed by atoms with Crippen LogP contribution in [0.3, 0.4) is 0 Å². The van der Waals surface area contributed by atoms with Crippen LogP contribution in [0.4, 0.5) is 0 Å². The molecule has 1 aromatic heterocycles. The minimum absolute atomic E-state index is 0.538. The zero-order valence-electron chi connectivity index (χ0n) is 8.88. The van der Waals surface area contributed by atoms with E-state index in [4.69, 9.17) is 0 Å². The van der Waals surface area contributed by atoms with E-state index in [1.165, 1.54) is 18.4 Å². The highest BCUT2D eigenvalue weighted by atomic mass is 14.9. The van der Waals surface area contributed by atoms with Crippen molar-refractivity contribution in [3.8, 4) is 0 Å². The van der Waals surface area contributed by atoms with Gasteiger partial charge in [0.2, 0.25) is 0 Å². The van der Waals surface area contributed by atoms with Crippen molar-refractivity contribution in [2.24, 2.45) is 7.05 Å². The lowest BCUT2D eigenvalue weighted by atomic mass is 10.1. The first kappa shape index (κ1) is 10.3. The van der Waals surface area contributed by atoms with Crippen molar-refractivity contribution >= 4 is 0 Å². The van der Waals surface area contributed by atoms with Gasteiger partial charge in [0.05, 0.1) is 0 Å². The Balaban J connectivity index is 2.63. The Hall–Kier alpha value is -0.760. The van der Waals surface area contributed by atoms with Gasteiger partial charge in [-0.05, 0) is 24.6 Å². The van der Waals surface area contributed by atoms with Crippen molar-refractivity contribution in [1.82, 2.24) is 9.88 Å². The van der Waals surface area contributed by atoms with Crippen LogP contribution in [0, 0.1) is 0 Å². The van der Waals surface area contributed by atoms with Gasteiger partial charge in [-0.2, -0.15) is 0 Å². The van der Waals surface area contributed by atoms with E-state index >= 15 is 0 Å². The highest BCUT2D eigenvalue weighted by Crippen LogP contribution is 2.17. The zero-order chi connectivity index (χ0) is 9.68. The van der Waals surface area contributed by atoms with Crippen LogP contribution >= 0.6 is 0 Å². The minimum Gasteiger partial charge on any atom is -0.357 e. The van der Waals surface area contributed by atoms with E-state index in [1.54, 1.807) is 0 Å².